The molecule has 1 aromatic carbocycles. The Hall–Kier alpha value is -3.21. The van der Waals surface area contributed by atoms with E-state index >= 15 is 0 Å². The highest BCUT2D eigenvalue weighted by atomic mass is 32.2. The number of alkyl halides is 6. The lowest BCUT2D eigenvalue weighted by atomic mass is 9.94. The van der Waals surface area contributed by atoms with Gasteiger partial charge < -0.3 is 15.1 Å². The van der Waals surface area contributed by atoms with E-state index in [1.54, 1.807) is 42.0 Å². The zero-order chi connectivity index (χ0) is 30.6. The highest BCUT2D eigenvalue weighted by Crippen LogP contribution is 2.39. The topological polar surface area (TPSA) is 111 Å². The minimum Gasteiger partial charge on any atom is -0.475 e. The third kappa shape index (κ3) is 7.75. The summed E-state index contributed by atoms with van der Waals surface area (Å²) in [5.41, 5.74) is -1.59. The molecule has 2 N–H and O–H groups in total. The fourth-order valence-electron chi connectivity index (χ4n) is 4.03. The van der Waals surface area contributed by atoms with Crippen LogP contribution in [0.4, 0.5) is 32.0 Å². The minimum absolute atomic E-state index is 0.227. The van der Waals surface area contributed by atoms with Crippen molar-refractivity contribution in [3.05, 3.63) is 77.4 Å². The zero-order valence-electron chi connectivity index (χ0n) is 21.3. The van der Waals surface area contributed by atoms with E-state index in [2.05, 4.69) is 4.98 Å². The molecule has 0 saturated carbocycles. The SMILES string of the molecule is C[C@@](O)(c1ccc(N2CCN(S(=O)(=O)c3cccs3)C[C@@H]2Cc2ccncc2)cc1)C(F)(F)F.O=C(O)C(F)(F)F. The Bertz CT molecular complexity index is 1400. The molecule has 3 heterocycles. The van der Waals surface area contributed by atoms with Gasteiger partial charge in [0.05, 0.1) is 0 Å². The van der Waals surface area contributed by atoms with Crippen LogP contribution in [-0.4, -0.2) is 71.9 Å². The van der Waals surface area contributed by atoms with Crippen molar-refractivity contribution in [2.45, 2.75) is 41.5 Å². The maximum Gasteiger partial charge on any atom is 0.490 e. The third-order valence-electron chi connectivity index (χ3n) is 6.31. The van der Waals surface area contributed by atoms with Gasteiger partial charge in [-0.3, -0.25) is 4.98 Å². The van der Waals surface area contributed by atoms with Crippen LogP contribution in [-0.2, 0) is 26.8 Å². The Morgan fingerprint density at radius 2 is 1.61 bits per heavy atom. The van der Waals surface area contributed by atoms with Crippen LogP contribution in [0.25, 0.3) is 0 Å². The van der Waals surface area contributed by atoms with E-state index < -0.39 is 33.9 Å². The molecule has 1 aliphatic heterocycles. The van der Waals surface area contributed by atoms with Crippen molar-refractivity contribution in [1.82, 2.24) is 9.29 Å². The first-order chi connectivity index (χ1) is 18.9. The van der Waals surface area contributed by atoms with Crippen molar-refractivity contribution >= 4 is 33.0 Å². The number of carboxylic acids is 1. The number of carboxylic acid groups (broad SMARTS) is 1. The van der Waals surface area contributed by atoms with Crippen molar-refractivity contribution in [3.8, 4) is 0 Å². The number of aliphatic hydroxyl groups is 1. The maximum absolute atomic E-state index is 13.2. The number of pyridine rings is 1. The molecule has 0 radical (unpaired) electrons. The number of sulfonamides is 1. The Balaban J connectivity index is 0.000000587. The fraction of sp³-hybridized carbons (Fsp3) is 0.360. The Morgan fingerprint density at radius 3 is 2.10 bits per heavy atom. The largest absolute Gasteiger partial charge is 0.490 e. The van der Waals surface area contributed by atoms with E-state index in [-0.39, 0.29) is 28.9 Å². The van der Waals surface area contributed by atoms with Crippen LogP contribution in [0.15, 0.2) is 70.5 Å². The van der Waals surface area contributed by atoms with Gasteiger partial charge in [0.2, 0.25) is 0 Å². The molecule has 3 aromatic rings. The van der Waals surface area contributed by atoms with Gasteiger partial charge in [-0.05, 0) is 60.2 Å². The molecule has 1 fully saturated rings. The summed E-state index contributed by atoms with van der Waals surface area (Å²) in [7, 11) is -3.64. The molecule has 0 amide bonds. The van der Waals surface area contributed by atoms with E-state index in [0.717, 1.165) is 23.8 Å². The van der Waals surface area contributed by atoms with Gasteiger partial charge in [-0.15, -0.1) is 11.3 Å². The van der Waals surface area contributed by atoms with Crippen LogP contribution in [0.1, 0.15) is 18.1 Å². The first-order valence-electron chi connectivity index (χ1n) is 11.8. The summed E-state index contributed by atoms with van der Waals surface area (Å²) in [4.78, 5) is 14.9. The van der Waals surface area contributed by atoms with Gasteiger partial charge in [0.25, 0.3) is 10.0 Å². The summed E-state index contributed by atoms with van der Waals surface area (Å²) >= 11 is 1.16. The van der Waals surface area contributed by atoms with Crippen LogP contribution in [0, 0.1) is 0 Å². The van der Waals surface area contributed by atoms with Gasteiger partial charge in [0.1, 0.15) is 4.21 Å². The maximum atomic E-state index is 13.2. The molecular weight excluding hydrogens is 600 g/mol. The number of rotatable bonds is 6. The Morgan fingerprint density at radius 1 is 1.02 bits per heavy atom. The van der Waals surface area contributed by atoms with Gasteiger partial charge in [-0.2, -0.15) is 30.6 Å². The lowest BCUT2D eigenvalue weighted by molar-refractivity contribution is -0.258. The van der Waals surface area contributed by atoms with E-state index in [4.69, 9.17) is 9.90 Å². The number of anilines is 1. The Kier molecular flexibility index (Phi) is 9.73. The van der Waals surface area contributed by atoms with Crippen molar-refractivity contribution in [3.63, 3.8) is 0 Å². The average Bonchev–Trinajstić information content (AvgIpc) is 3.45. The monoisotopic (exact) mass is 625 g/mol. The second-order valence-corrected chi connectivity index (χ2v) is 12.2. The molecule has 2 aromatic heterocycles. The van der Waals surface area contributed by atoms with Crippen molar-refractivity contribution < 1.29 is 49.8 Å². The normalized spacial score (nSPS) is 18.2. The summed E-state index contributed by atoms with van der Waals surface area (Å²) in [6.07, 6.45) is -6.03. The lowest BCUT2D eigenvalue weighted by Crippen LogP contribution is -2.55. The summed E-state index contributed by atoms with van der Waals surface area (Å²) in [6.45, 7) is 1.57. The molecule has 0 unspecified atom stereocenters. The summed E-state index contributed by atoms with van der Waals surface area (Å²) in [5.74, 6) is -2.76. The standard InChI is InChI=1S/C23H24F3N3O3S2.C2HF3O2/c1-22(30,23(24,25)26)18-4-6-19(7-5-18)29-13-12-28(34(31,32)21-3-2-14-33-21)16-20(29)15-17-8-10-27-11-9-17;3-2(4,5)1(6)7/h2-11,14,20,30H,12-13,15-16H2,1H3;(H,6,7)/t20-,22+;/m0./s1. The van der Waals surface area contributed by atoms with Crippen molar-refractivity contribution in [1.29, 1.82) is 0 Å². The first-order valence-corrected chi connectivity index (χ1v) is 14.2. The molecular formula is C25H25F6N3O5S2. The van der Waals surface area contributed by atoms with Gasteiger partial charge >= 0.3 is 18.3 Å². The third-order valence-corrected chi connectivity index (χ3v) is 9.55. The second kappa shape index (κ2) is 12.3. The lowest BCUT2D eigenvalue weighted by Gasteiger charge is -2.42. The molecule has 0 aliphatic carbocycles. The molecule has 0 spiro atoms. The van der Waals surface area contributed by atoms with Crippen LogP contribution in [0.3, 0.4) is 0 Å². The van der Waals surface area contributed by atoms with Crippen molar-refractivity contribution in [2.24, 2.45) is 0 Å². The molecule has 224 valence electrons. The Labute approximate surface area is 235 Å². The fourth-order valence-corrected chi connectivity index (χ4v) is 6.64. The summed E-state index contributed by atoms with van der Waals surface area (Å²) in [5, 5.41) is 18.8. The molecule has 0 bridgehead atoms. The van der Waals surface area contributed by atoms with Gasteiger partial charge in [0, 0.05) is 43.8 Å². The molecule has 41 heavy (non-hydrogen) atoms. The van der Waals surface area contributed by atoms with Gasteiger partial charge in [0.15, 0.2) is 5.60 Å². The molecule has 1 saturated heterocycles. The highest BCUT2D eigenvalue weighted by molar-refractivity contribution is 7.91. The predicted molar refractivity (Wildman–Crippen MR) is 138 cm³/mol. The quantitative estimate of drug-likeness (QED) is 0.383. The van der Waals surface area contributed by atoms with E-state index in [1.807, 2.05) is 17.0 Å². The number of hydrogen-bond acceptors (Lipinski definition) is 7. The predicted octanol–water partition coefficient (Wildman–Crippen LogP) is 4.67. The number of halogens is 6. The van der Waals surface area contributed by atoms with Crippen LogP contribution in [0.5, 0.6) is 0 Å². The number of aliphatic carboxylic acids is 1. The molecule has 8 nitrogen and oxygen atoms in total. The van der Waals surface area contributed by atoms with E-state index in [0.29, 0.717) is 18.7 Å². The zero-order valence-corrected chi connectivity index (χ0v) is 22.9. The number of benzene rings is 1. The smallest absolute Gasteiger partial charge is 0.475 e. The van der Waals surface area contributed by atoms with Gasteiger partial charge in [-0.25, -0.2) is 13.2 Å². The number of thiophene rings is 1. The minimum atomic E-state index is -5.08. The van der Waals surface area contributed by atoms with Gasteiger partial charge in [-0.1, -0.05) is 18.2 Å². The number of nitrogens with zero attached hydrogens (tertiary/aromatic N) is 3. The number of carbonyl (C=O) groups is 1. The van der Waals surface area contributed by atoms with Crippen LogP contribution in [0.2, 0.25) is 0 Å². The first kappa shape index (κ1) is 32.3. The second-order valence-electron chi connectivity index (χ2n) is 9.12. The molecule has 1 aliphatic rings. The van der Waals surface area contributed by atoms with E-state index in [9.17, 15) is 39.9 Å². The van der Waals surface area contributed by atoms with Crippen LogP contribution < -0.4 is 4.90 Å². The van der Waals surface area contributed by atoms with Crippen LogP contribution >= 0.6 is 11.3 Å². The molecule has 16 heteroatoms. The molecule has 4 rings (SSSR count). The number of hydrogen-bond donors (Lipinski definition) is 2. The van der Waals surface area contributed by atoms with E-state index in [1.165, 1.54) is 16.4 Å². The number of piperazine rings is 1. The number of aromatic nitrogens is 1. The molecule has 2 atom stereocenters. The summed E-state index contributed by atoms with van der Waals surface area (Å²) in [6, 6.07) is 12.3. The summed E-state index contributed by atoms with van der Waals surface area (Å²) < 4.78 is 99.4. The average molecular weight is 626 g/mol. The highest BCUT2D eigenvalue weighted by Gasteiger charge is 2.51. The van der Waals surface area contributed by atoms with Crippen molar-refractivity contribution in [2.75, 3.05) is 24.5 Å².